The van der Waals surface area contributed by atoms with E-state index < -0.39 is 17.2 Å². The van der Waals surface area contributed by atoms with E-state index in [1.54, 1.807) is 30.3 Å². The number of carbonyl (C=O) groups is 1. The zero-order chi connectivity index (χ0) is 24.9. The van der Waals surface area contributed by atoms with Crippen LogP contribution in [-0.2, 0) is 5.60 Å². The van der Waals surface area contributed by atoms with Gasteiger partial charge in [-0.15, -0.1) is 0 Å². The molecule has 10 heteroatoms. The number of halogens is 2. The molecule has 35 heavy (non-hydrogen) atoms. The van der Waals surface area contributed by atoms with Crippen molar-refractivity contribution in [1.82, 2.24) is 24.8 Å². The van der Waals surface area contributed by atoms with Crippen LogP contribution in [0.15, 0.2) is 36.7 Å². The van der Waals surface area contributed by atoms with Gasteiger partial charge in [-0.05, 0) is 45.0 Å². The minimum Gasteiger partial charge on any atom is -0.384 e. The zero-order valence-electron chi connectivity index (χ0n) is 19.7. The normalized spacial score (nSPS) is 19.8. The molecule has 1 aromatic carbocycles. The first kappa shape index (κ1) is 23.2. The van der Waals surface area contributed by atoms with Crippen LogP contribution in [0.2, 0.25) is 0 Å². The van der Waals surface area contributed by atoms with Crippen molar-refractivity contribution in [1.29, 1.82) is 0 Å². The second-order valence-corrected chi connectivity index (χ2v) is 9.73. The molecule has 0 saturated carbocycles. The van der Waals surface area contributed by atoms with Gasteiger partial charge in [0.25, 0.3) is 5.91 Å². The van der Waals surface area contributed by atoms with E-state index in [1.165, 1.54) is 32.0 Å². The Morgan fingerprint density at radius 3 is 2.34 bits per heavy atom. The highest BCUT2D eigenvalue weighted by molar-refractivity contribution is 6.00. The molecule has 1 N–H and O–H groups in total. The van der Waals surface area contributed by atoms with Crippen LogP contribution in [0, 0.1) is 30.4 Å². The standard InChI is InChI=1S/C25H26F2N6O2/c1-14-20(27)21(25(2,3)35)31-24(30-14)33-12-15-10-32(11-16(15)13-33)23(34)19-9-17(26)5-6-18(19)22-28-7-4-8-29-22/h4-9,15-16,35H,10-13H2,1-3H3. The van der Waals surface area contributed by atoms with E-state index in [4.69, 9.17) is 0 Å². The molecule has 0 aliphatic carbocycles. The number of anilines is 1. The molecular weight excluding hydrogens is 454 g/mol. The molecule has 2 atom stereocenters. The van der Waals surface area contributed by atoms with Crippen molar-refractivity contribution in [2.75, 3.05) is 31.1 Å². The van der Waals surface area contributed by atoms with Crippen LogP contribution in [0.5, 0.6) is 0 Å². The summed E-state index contributed by atoms with van der Waals surface area (Å²) in [5.41, 5.74) is -0.556. The molecule has 3 aromatic rings. The van der Waals surface area contributed by atoms with Crippen molar-refractivity contribution in [3.05, 3.63) is 65.2 Å². The average molecular weight is 481 g/mol. The van der Waals surface area contributed by atoms with Crippen LogP contribution in [0.3, 0.4) is 0 Å². The molecule has 2 aliphatic heterocycles. The number of aliphatic hydroxyl groups is 1. The number of rotatable bonds is 4. The van der Waals surface area contributed by atoms with Crippen molar-refractivity contribution in [2.24, 2.45) is 11.8 Å². The van der Waals surface area contributed by atoms with Crippen molar-refractivity contribution < 1.29 is 18.7 Å². The maximum absolute atomic E-state index is 14.5. The highest BCUT2D eigenvalue weighted by atomic mass is 19.1. The molecule has 182 valence electrons. The molecule has 4 heterocycles. The van der Waals surface area contributed by atoms with Crippen molar-refractivity contribution in [2.45, 2.75) is 26.4 Å². The van der Waals surface area contributed by atoms with Gasteiger partial charge >= 0.3 is 0 Å². The van der Waals surface area contributed by atoms with E-state index in [1.807, 2.05) is 4.90 Å². The largest absolute Gasteiger partial charge is 0.384 e. The van der Waals surface area contributed by atoms with Gasteiger partial charge in [0.1, 0.15) is 17.1 Å². The second-order valence-electron chi connectivity index (χ2n) is 9.73. The lowest BCUT2D eigenvalue weighted by atomic mass is 10.0. The fourth-order valence-electron chi connectivity index (χ4n) is 4.91. The topological polar surface area (TPSA) is 95.3 Å². The summed E-state index contributed by atoms with van der Waals surface area (Å²) >= 11 is 0. The van der Waals surface area contributed by atoms with E-state index in [9.17, 15) is 18.7 Å². The smallest absolute Gasteiger partial charge is 0.254 e. The Morgan fingerprint density at radius 1 is 1.06 bits per heavy atom. The quantitative estimate of drug-likeness (QED) is 0.614. The number of amides is 1. The fraction of sp³-hybridized carbons (Fsp3) is 0.400. The summed E-state index contributed by atoms with van der Waals surface area (Å²) in [6.07, 6.45) is 3.16. The molecular formula is C25H26F2N6O2. The Hall–Kier alpha value is -3.53. The Balaban J connectivity index is 1.34. The Labute approximate surface area is 201 Å². The molecule has 8 nitrogen and oxygen atoms in total. The molecule has 2 fully saturated rings. The van der Waals surface area contributed by atoms with Gasteiger partial charge in [0.05, 0.1) is 11.3 Å². The monoisotopic (exact) mass is 480 g/mol. The van der Waals surface area contributed by atoms with Crippen LogP contribution in [0.25, 0.3) is 11.4 Å². The second kappa shape index (κ2) is 8.60. The van der Waals surface area contributed by atoms with Gasteiger partial charge in [0.2, 0.25) is 5.95 Å². The minimum atomic E-state index is -1.43. The summed E-state index contributed by atoms with van der Waals surface area (Å²) in [6.45, 7) is 6.75. The summed E-state index contributed by atoms with van der Waals surface area (Å²) < 4.78 is 28.6. The number of aryl methyl sites for hydroxylation is 1. The maximum atomic E-state index is 14.5. The van der Waals surface area contributed by atoms with E-state index >= 15 is 0 Å². The third-order valence-electron chi connectivity index (χ3n) is 6.66. The summed E-state index contributed by atoms with van der Waals surface area (Å²) in [5, 5.41) is 10.3. The Kier molecular flexibility index (Phi) is 5.71. The van der Waals surface area contributed by atoms with Gasteiger partial charge in [0, 0.05) is 56.0 Å². The lowest BCUT2D eigenvalue weighted by Crippen LogP contribution is -2.34. The average Bonchev–Trinajstić information content (AvgIpc) is 3.39. The van der Waals surface area contributed by atoms with E-state index in [0.717, 1.165) is 0 Å². The molecule has 1 amide bonds. The number of likely N-dealkylation sites (tertiary alicyclic amines) is 1. The number of nitrogens with zero attached hydrogens (tertiary/aromatic N) is 6. The first-order valence-corrected chi connectivity index (χ1v) is 11.5. The number of carbonyl (C=O) groups excluding carboxylic acids is 1. The summed E-state index contributed by atoms with van der Waals surface area (Å²) in [6, 6.07) is 5.75. The maximum Gasteiger partial charge on any atom is 0.254 e. The lowest BCUT2D eigenvalue weighted by Gasteiger charge is -2.25. The van der Waals surface area contributed by atoms with E-state index in [0.29, 0.717) is 43.5 Å². The predicted molar refractivity (Wildman–Crippen MR) is 124 cm³/mol. The molecule has 2 aromatic heterocycles. The Morgan fingerprint density at radius 2 is 1.71 bits per heavy atom. The van der Waals surface area contributed by atoms with Crippen molar-refractivity contribution >= 4 is 11.9 Å². The molecule has 2 unspecified atom stereocenters. The van der Waals surface area contributed by atoms with Crippen LogP contribution < -0.4 is 4.90 Å². The third kappa shape index (κ3) is 4.34. The van der Waals surface area contributed by atoms with Gasteiger partial charge < -0.3 is 14.9 Å². The van der Waals surface area contributed by atoms with Crippen LogP contribution in [0.1, 0.15) is 35.6 Å². The highest BCUT2D eigenvalue weighted by Crippen LogP contribution is 2.35. The van der Waals surface area contributed by atoms with Gasteiger partial charge in [-0.1, -0.05) is 0 Å². The number of hydrogen-bond donors (Lipinski definition) is 1. The zero-order valence-corrected chi connectivity index (χ0v) is 19.7. The van der Waals surface area contributed by atoms with Crippen LogP contribution >= 0.6 is 0 Å². The first-order chi connectivity index (χ1) is 16.6. The molecule has 5 rings (SSSR count). The van der Waals surface area contributed by atoms with Crippen molar-refractivity contribution in [3.63, 3.8) is 0 Å². The highest BCUT2D eigenvalue weighted by Gasteiger charge is 2.43. The Bertz CT molecular complexity index is 1270. The number of fused-ring (bicyclic) bond motifs is 1. The van der Waals surface area contributed by atoms with Gasteiger partial charge in [-0.25, -0.2) is 28.7 Å². The van der Waals surface area contributed by atoms with Gasteiger partial charge in [-0.2, -0.15) is 0 Å². The summed E-state index contributed by atoms with van der Waals surface area (Å²) in [4.78, 5) is 34.2. The molecule has 0 spiro atoms. The van der Waals surface area contributed by atoms with E-state index in [-0.39, 0.29) is 34.7 Å². The van der Waals surface area contributed by atoms with Crippen molar-refractivity contribution in [3.8, 4) is 11.4 Å². The van der Waals surface area contributed by atoms with E-state index in [2.05, 4.69) is 19.9 Å². The van der Waals surface area contributed by atoms with Crippen LogP contribution in [0.4, 0.5) is 14.7 Å². The minimum absolute atomic E-state index is 0.0318. The molecule has 0 bridgehead atoms. The molecule has 2 aliphatic rings. The number of benzene rings is 1. The fourth-order valence-corrected chi connectivity index (χ4v) is 4.91. The molecule has 2 saturated heterocycles. The third-order valence-corrected chi connectivity index (χ3v) is 6.66. The summed E-state index contributed by atoms with van der Waals surface area (Å²) in [7, 11) is 0. The van der Waals surface area contributed by atoms with Gasteiger partial charge in [-0.3, -0.25) is 4.79 Å². The summed E-state index contributed by atoms with van der Waals surface area (Å²) in [5.74, 6) is -0.274. The molecule has 0 radical (unpaired) electrons. The number of hydrogen-bond acceptors (Lipinski definition) is 7. The number of aromatic nitrogens is 4. The van der Waals surface area contributed by atoms with Crippen LogP contribution in [-0.4, -0.2) is 62.0 Å². The van der Waals surface area contributed by atoms with Gasteiger partial charge in [0.15, 0.2) is 11.6 Å². The first-order valence-electron chi connectivity index (χ1n) is 11.5. The predicted octanol–water partition coefficient (Wildman–Crippen LogP) is 2.96. The lowest BCUT2D eigenvalue weighted by molar-refractivity contribution is 0.0690. The SMILES string of the molecule is Cc1nc(N2CC3CN(C(=O)c4cc(F)ccc4-c4ncccn4)CC3C2)nc(C(C)(C)O)c1F.